The number of nitrogens with two attached hydrogens (primary N) is 1. The second-order valence-corrected chi connectivity index (χ2v) is 5.19. The van der Waals surface area contributed by atoms with Crippen molar-refractivity contribution in [2.75, 3.05) is 26.2 Å². The van der Waals surface area contributed by atoms with Gasteiger partial charge in [0.2, 0.25) is 5.88 Å². The normalized spacial score (nSPS) is 16.0. The fourth-order valence-electron chi connectivity index (χ4n) is 2.18. The first-order valence-electron chi connectivity index (χ1n) is 7.05. The van der Waals surface area contributed by atoms with Gasteiger partial charge in [-0.25, -0.2) is 9.98 Å². The lowest BCUT2D eigenvalue weighted by molar-refractivity contribution is 0.315. The Labute approximate surface area is 147 Å². The third-order valence-corrected chi connectivity index (χ3v) is 3.55. The maximum atomic E-state index is 6.01. The fourth-order valence-corrected chi connectivity index (χ4v) is 2.36. The van der Waals surface area contributed by atoms with Gasteiger partial charge in [-0.05, 0) is 25.0 Å². The molecule has 2 rings (SSSR count). The van der Waals surface area contributed by atoms with Gasteiger partial charge >= 0.3 is 0 Å². The van der Waals surface area contributed by atoms with Gasteiger partial charge in [0.05, 0.1) is 6.54 Å². The summed E-state index contributed by atoms with van der Waals surface area (Å²) in [6, 6.07) is 3.52. The maximum Gasteiger partial charge on any atom is 0.232 e. The molecule has 1 fully saturated rings. The molecule has 2 N–H and O–H groups in total. The second kappa shape index (κ2) is 10.0. The van der Waals surface area contributed by atoms with Crippen molar-refractivity contribution in [2.24, 2.45) is 10.7 Å². The van der Waals surface area contributed by atoms with Crippen molar-refractivity contribution in [2.45, 2.75) is 25.7 Å². The van der Waals surface area contributed by atoms with E-state index in [9.17, 15) is 0 Å². The summed E-state index contributed by atoms with van der Waals surface area (Å²) in [5, 5.41) is 0.511. The Balaban J connectivity index is 0.00000220. The lowest BCUT2D eigenvalue weighted by atomic mass is 10.2. The molecule has 1 aromatic heterocycles. The van der Waals surface area contributed by atoms with E-state index in [0.717, 1.165) is 13.1 Å². The van der Waals surface area contributed by atoms with Crippen LogP contribution in [-0.4, -0.2) is 42.1 Å². The number of halogens is 2. The molecule has 2 heterocycles. The zero-order valence-electron chi connectivity index (χ0n) is 12.0. The molecular weight excluding hydrogens is 403 g/mol. The van der Waals surface area contributed by atoms with E-state index >= 15 is 0 Å². The third kappa shape index (κ3) is 6.25. The number of hydrogen-bond donors (Lipinski definition) is 1. The van der Waals surface area contributed by atoms with Crippen LogP contribution in [0.3, 0.4) is 0 Å². The summed E-state index contributed by atoms with van der Waals surface area (Å²) < 4.78 is 5.47. The Bertz CT molecular complexity index is 450. The molecule has 1 aliphatic rings. The number of hydrogen-bond acceptors (Lipinski definition) is 3. The van der Waals surface area contributed by atoms with Gasteiger partial charge in [0.15, 0.2) is 5.96 Å². The predicted molar refractivity (Wildman–Crippen MR) is 96.7 cm³/mol. The zero-order valence-corrected chi connectivity index (χ0v) is 15.1. The second-order valence-electron chi connectivity index (χ2n) is 4.78. The minimum Gasteiger partial charge on any atom is -0.475 e. The molecule has 118 valence electrons. The molecule has 0 unspecified atom stereocenters. The molecule has 1 aromatic rings. The molecule has 0 amide bonds. The van der Waals surface area contributed by atoms with Crippen LogP contribution in [-0.2, 0) is 0 Å². The van der Waals surface area contributed by atoms with E-state index in [-0.39, 0.29) is 24.0 Å². The average Bonchev–Trinajstić information content (AvgIpc) is 2.74. The van der Waals surface area contributed by atoms with Crippen molar-refractivity contribution in [1.82, 2.24) is 9.88 Å². The number of aromatic nitrogens is 1. The van der Waals surface area contributed by atoms with Crippen LogP contribution in [0.25, 0.3) is 0 Å². The Hall–Kier alpha value is -0.760. The van der Waals surface area contributed by atoms with Gasteiger partial charge in [-0.3, -0.25) is 0 Å². The molecule has 21 heavy (non-hydrogen) atoms. The van der Waals surface area contributed by atoms with Gasteiger partial charge in [-0.2, -0.15) is 0 Å². The van der Waals surface area contributed by atoms with Gasteiger partial charge in [0.1, 0.15) is 11.6 Å². The number of guanidine groups is 1. The number of aliphatic imine (C=N–C) groups is 1. The summed E-state index contributed by atoms with van der Waals surface area (Å²) in [6.45, 7) is 2.94. The van der Waals surface area contributed by atoms with E-state index in [4.69, 9.17) is 22.1 Å². The smallest absolute Gasteiger partial charge is 0.232 e. The summed E-state index contributed by atoms with van der Waals surface area (Å²) >= 11 is 5.95. The van der Waals surface area contributed by atoms with Crippen LogP contribution in [0, 0.1) is 0 Å². The van der Waals surface area contributed by atoms with E-state index in [0.29, 0.717) is 30.0 Å². The Kier molecular flexibility index (Phi) is 8.75. The van der Waals surface area contributed by atoms with Crippen LogP contribution in [0.15, 0.2) is 23.3 Å². The highest BCUT2D eigenvalue weighted by Crippen LogP contribution is 2.19. The highest BCUT2D eigenvalue weighted by atomic mass is 127. The summed E-state index contributed by atoms with van der Waals surface area (Å²) in [7, 11) is 0. The molecule has 7 heteroatoms. The molecule has 0 aliphatic carbocycles. The molecule has 0 bridgehead atoms. The van der Waals surface area contributed by atoms with Crippen molar-refractivity contribution >= 4 is 41.5 Å². The summed E-state index contributed by atoms with van der Waals surface area (Å²) in [5.41, 5.74) is 6.01. The van der Waals surface area contributed by atoms with E-state index in [1.807, 2.05) is 0 Å². The monoisotopic (exact) mass is 424 g/mol. The van der Waals surface area contributed by atoms with E-state index in [2.05, 4.69) is 14.9 Å². The summed E-state index contributed by atoms with van der Waals surface area (Å²) in [6.07, 6.45) is 6.60. The number of pyridine rings is 1. The van der Waals surface area contributed by atoms with Crippen LogP contribution in [0.5, 0.6) is 5.88 Å². The quantitative estimate of drug-likeness (QED) is 0.349. The standard InChI is InChI=1S/C14H21ClN4O.HI/c15-12-6-5-7-17-13(12)20-11-8-18-14(16)19-9-3-1-2-4-10-19;/h5-7H,1-4,8-11H2,(H2,16,18);1H. The fraction of sp³-hybridized carbons (Fsp3) is 0.571. The van der Waals surface area contributed by atoms with Gasteiger partial charge in [-0.1, -0.05) is 24.4 Å². The first-order chi connectivity index (χ1) is 9.77. The van der Waals surface area contributed by atoms with Gasteiger partial charge < -0.3 is 15.4 Å². The first kappa shape index (κ1) is 18.3. The molecule has 1 saturated heterocycles. The molecule has 1 aliphatic heterocycles. The van der Waals surface area contributed by atoms with E-state index < -0.39 is 0 Å². The van der Waals surface area contributed by atoms with Crippen LogP contribution >= 0.6 is 35.6 Å². The Morgan fingerprint density at radius 1 is 1.33 bits per heavy atom. The van der Waals surface area contributed by atoms with Crippen molar-refractivity contribution in [1.29, 1.82) is 0 Å². The minimum absolute atomic E-state index is 0. The molecule has 0 radical (unpaired) electrons. The number of ether oxygens (including phenoxy) is 1. The van der Waals surface area contributed by atoms with Gasteiger partial charge in [-0.15, -0.1) is 24.0 Å². The minimum atomic E-state index is 0. The average molecular weight is 425 g/mol. The summed E-state index contributed by atoms with van der Waals surface area (Å²) in [5.74, 6) is 1.06. The highest BCUT2D eigenvalue weighted by molar-refractivity contribution is 14.0. The topological polar surface area (TPSA) is 63.7 Å². The first-order valence-corrected chi connectivity index (χ1v) is 7.43. The van der Waals surface area contributed by atoms with Gasteiger partial charge in [0, 0.05) is 19.3 Å². The van der Waals surface area contributed by atoms with Gasteiger partial charge in [0.25, 0.3) is 0 Å². The highest BCUT2D eigenvalue weighted by Gasteiger charge is 2.10. The Morgan fingerprint density at radius 3 is 2.71 bits per heavy atom. The maximum absolute atomic E-state index is 6.01. The van der Waals surface area contributed by atoms with Crippen LogP contribution in [0.4, 0.5) is 0 Å². The lowest BCUT2D eigenvalue weighted by Gasteiger charge is -2.21. The number of nitrogens with zero attached hydrogens (tertiary/aromatic N) is 3. The van der Waals surface area contributed by atoms with Crippen LogP contribution in [0.1, 0.15) is 25.7 Å². The Morgan fingerprint density at radius 2 is 2.05 bits per heavy atom. The molecule has 5 nitrogen and oxygen atoms in total. The largest absolute Gasteiger partial charge is 0.475 e. The van der Waals surface area contributed by atoms with E-state index in [1.54, 1.807) is 18.3 Å². The SMILES string of the molecule is I.NC(=NCCOc1ncccc1Cl)N1CCCCCC1. The number of likely N-dealkylation sites (tertiary alicyclic amines) is 1. The molecular formula is C14H22ClIN4O. The molecule has 0 spiro atoms. The predicted octanol–water partition coefficient (Wildman–Crippen LogP) is 2.92. The lowest BCUT2D eigenvalue weighted by Crippen LogP contribution is -2.38. The molecule has 0 saturated carbocycles. The molecule has 0 aromatic carbocycles. The van der Waals surface area contributed by atoms with Crippen molar-refractivity contribution in [3.63, 3.8) is 0 Å². The van der Waals surface area contributed by atoms with E-state index in [1.165, 1.54) is 25.7 Å². The summed E-state index contributed by atoms with van der Waals surface area (Å²) in [4.78, 5) is 10.6. The van der Waals surface area contributed by atoms with Crippen LogP contribution in [0.2, 0.25) is 5.02 Å². The van der Waals surface area contributed by atoms with Crippen molar-refractivity contribution in [3.05, 3.63) is 23.4 Å². The zero-order chi connectivity index (χ0) is 14.2. The van der Waals surface area contributed by atoms with Crippen molar-refractivity contribution in [3.8, 4) is 5.88 Å². The third-order valence-electron chi connectivity index (χ3n) is 3.26. The van der Waals surface area contributed by atoms with Crippen LogP contribution < -0.4 is 10.5 Å². The molecule has 0 atom stereocenters. The number of rotatable bonds is 4. The van der Waals surface area contributed by atoms with Crippen molar-refractivity contribution < 1.29 is 4.74 Å².